The number of amides is 1. The molecule has 0 atom stereocenters. The molecule has 0 unspecified atom stereocenters. The quantitative estimate of drug-likeness (QED) is 0.361. The van der Waals surface area contributed by atoms with E-state index in [2.05, 4.69) is 16.0 Å². The normalized spacial score (nSPS) is 13.0. The predicted octanol–water partition coefficient (Wildman–Crippen LogP) is 5.85. The monoisotopic (exact) mass is 470 g/mol. The number of aromatic nitrogens is 1. The molecular formula is C27H26N4O2S. The topological polar surface area (TPSA) is 90.8 Å². The van der Waals surface area contributed by atoms with Crippen LogP contribution >= 0.6 is 11.3 Å². The maximum absolute atomic E-state index is 12.8. The highest BCUT2D eigenvalue weighted by Gasteiger charge is 2.24. The van der Waals surface area contributed by atoms with E-state index in [9.17, 15) is 15.3 Å². The molecule has 1 aromatic carbocycles. The molecule has 34 heavy (non-hydrogen) atoms. The van der Waals surface area contributed by atoms with Crippen molar-refractivity contribution in [1.29, 1.82) is 10.5 Å². The average molecular weight is 471 g/mol. The number of hydrogen-bond donors (Lipinski definition) is 1. The van der Waals surface area contributed by atoms with Crippen LogP contribution in [0.15, 0.2) is 35.9 Å². The van der Waals surface area contributed by atoms with E-state index in [-0.39, 0.29) is 5.57 Å². The van der Waals surface area contributed by atoms with Gasteiger partial charge in [0.05, 0.1) is 12.2 Å². The second-order valence-corrected chi connectivity index (χ2v) is 9.33. The third kappa shape index (κ3) is 4.48. The molecule has 0 saturated carbocycles. The number of fused-ring (bicyclic) bond motifs is 1. The molecule has 2 aromatic heterocycles. The summed E-state index contributed by atoms with van der Waals surface area (Å²) in [4.78, 5) is 14.1. The lowest BCUT2D eigenvalue weighted by Gasteiger charge is -2.10. The first-order valence-electron chi connectivity index (χ1n) is 11.4. The maximum Gasteiger partial charge on any atom is 0.266 e. The predicted molar refractivity (Wildman–Crippen MR) is 134 cm³/mol. The van der Waals surface area contributed by atoms with Gasteiger partial charge in [0.25, 0.3) is 5.91 Å². The van der Waals surface area contributed by atoms with Crippen molar-refractivity contribution >= 4 is 29.0 Å². The summed E-state index contributed by atoms with van der Waals surface area (Å²) < 4.78 is 7.55. The smallest absolute Gasteiger partial charge is 0.266 e. The highest BCUT2D eigenvalue weighted by atomic mass is 32.1. The van der Waals surface area contributed by atoms with Gasteiger partial charge in [0.2, 0.25) is 0 Å². The molecule has 0 aliphatic heterocycles. The van der Waals surface area contributed by atoms with Crippen molar-refractivity contribution in [2.75, 3.05) is 11.9 Å². The van der Waals surface area contributed by atoms with Gasteiger partial charge in [0, 0.05) is 28.0 Å². The minimum atomic E-state index is -0.481. The van der Waals surface area contributed by atoms with Gasteiger partial charge in [-0.05, 0) is 81.9 Å². The van der Waals surface area contributed by atoms with Gasteiger partial charge in [0.1, 0.15) is 28.5 Å². The molecule has 1 aliphatic carbocycles. The number of hydrogen-bond acceptors (Lipinski definition) is 5. The van der Waals surface area contributed by atoms with Gasteiger partial charge < -0.3 is 14.6 Å². The summed E-state index contributed by atoms with van der Waals surface area (Å²) >= 11 is 1.68. The maximum atomic E-state index is 12.8. The number of rotatable bonds is 6. The van der Waals surface area contributed by atoms with Crippen molar-refractivity contribution < 1.29 is 9.53 Å². The van der Waals surface area contributed by atoms with Gasteiger partial charge >= 0.3 is 0 Å². The summed E-state index contributed by atoms with van der Waals surface area (Å²) in [5.74, 6) is 0.170. The van der Waals surface area contributed by atoms with E-state index >= 15 is 0 Å². The first-order chi connectivity index (χ1) is 16.5. The molecule has 6 nitrogen and oxygen atoms in total. The first-order valence-corrected chi connectivity index (χ1v) is 12.2. The second-order valence-electron chi connectivity index (χ2n) is 8.25. The Hall–Kier alpha value is -3.81. The number of nitrogens with one attached hydrogen (secondary N) is 1. The van der Waals surface area contributed by atoms with Crippen molar-refractivity contribution in [2.45, 2.75) is 46.5 Å². The number of carbonyl (C=O) groups excluding carboxylic acids is 1. The first kappa shape index (κ1) is 23.4. The Morgan fingerprint density at radius 2 is 2.03 bits per heavy atom. The molecule has 172 valence electrons. The van der Waals surface area contributed by atoms with Crippen LogP contribution in [0, 0.1) is 36.5 Å². The van der Waals surface area contributed by atoms with Crippen molar-refractivity contribution in [1.82, 2.24) is 4.57 Å². The van der Waals surface area contributed by atoms with Crippen molar-refractivity contribution in [2.24, 2.45) is 0 Å². The number of nitriles is 2. The van der Waals surface area contributed by atoms with Crippen molar-refractivity contribution in [3.05, 3.63) is 68.9 Å². The van der Waals surface area contributed by atoms with Crippen LogP contribution in [0.1, 0.15) is 52.7 Å². The largest absolute Gasteiger partial charge is 0.494 e. The highest BCUT2D eigenvalue weighted by Crippen LogP contribution is 2.38. The molecule has 0 bridgehead atoms. The van der Waals surface area contributed by atoms with Crippen LogP contribution in [0.4, 0.5) is 5.69 Å². The zero-order chi connectivity index (χ0) is 24.2. The molecular weight excluding hydrogens is 444 g/mol. The Labute approximate surface area is 203 Å². The number of ether oxygens (including phenoxy) is 1. The summed E-state index contributed by atoms with van der Waals surface area (Å²) in [5, 5.41) is 23.3. The van der Waals surface area contributed by atoms with Crippen LogP contribution in [0.5, 0.6) is 5.75 Å². The Bertz CT molecular complexity index is 1360. The fourth-order valence-electron chi connectivity index (χ4n) is 4.40. The molecule has 0 saturated heterocycles. The van der Waals surface area contributed by atoms with E-state index in [4.69, 9.17) is 4.74 Å². The lowest BCUT2D eigenvalue weighted by Crippen LogP contribution is -2.13. The van der Waals surface area contributed by atoms with Crippen molar-refractivity contribution in [3.63, 3.8) is 0 Å². The van der Waals surface area contributed by atoms with E-state index in [0.29, 0.717) is 18.0 Å². The minimum Gasteiger partial charge on any atom is -0.494 e. The molecule has 1 N–H and O–H groups in total. The van der Waals surface area contributed by atoms with Crippen LogP contribution in [-0.2, 0) is 17.6 Å². The van der Waals surface area contributed by atoms with Gasteiger partial charge in [-0.25, -0.2) is 0 Å². The molecule has 0 spiro atoms. The van der Waals surface area contributed by atoms with E-state index in [0.717, 1.165) is 53.2 Å². The Morgan fingerprint density at radius 1 is 1.24 bits per heavy atom. The molecule has 2 heterocycles. The van der Waals surface area contributed by atoms with Gasteiger partial charge in [-0.1, -0.05) is 6.07 Å². The molecule has 0 radical (unpaired) electrons. The van der Waals surface area contributed by atoms with E-state index < -0.39 is 5.91 Å². The second kappa shape index (κ2) is 9.99. The number of anilines is 1. The van der Waals surface area contributed by atoms with Crippen LogP contribution in [0.25, 0.3) is 11.1 Å². The van der Waals surface area contributed by atoms with E-state index in [1.807, 2.05) is 39.0 Å². The lowest BCUT2D eigenvalue weighted by atomic mass is 9.96. The van der Waals surface area contributed by atoms with Crippen LogP contribution in [0.2, 0.25) is 0 Å². The standard InChI is InChI=1S/C27H26N4O2S/c1-4-33-22-9-7-8-21(14-22)30-26(32)20(15-28)13-19-12-17(2)31(18(19)3)27-24(16-29)23-10-5-6-11-25(23)34-27/h7-9,12-14H,4-6,10-11H2,1-3H3,(H,30,32)/b20-13+. The average Bonchev–Trinajstić information content (AvgIpc) is 3.33. The summed E-state index contributed by atoms with van der Waals surface area (Å²) in [5.41, 5.74) is 5.14. The van der Waals surface area contributed by atoms with E-state index in [1.54, 1.807) is 35.6 Å². The zero-order valence-electron chi connectivity index (χ0n) is 19.6. The molecule has 7 heteroatoms. The molecule has 4 rings (SSSR count). The number of aryl methyl sites for hydroxylation is 2. The Kier molecular flexibility index (Phi) is 6.86. The highest BCUT2D eigenvalue weighted by molar-refractivity contribution is 7.15. The fourth-order valence-corrected chi connectivity index (χ4v) is 5.85. The molecule has 3 aromatic rings. The summed E-state index contributed by atoms with van der Waals surface area (Å²) in [7, 11) is 0. The Morgan fingerprint density at radius 3 is 2.76 bits per heavy atom. The summed E-state index contributed by atoms with van der Waals surface area (Å²) in [6.45, 7) is 6.35. The number of nitrogens with zero attached hydrogens (tertiary/aromatic N) is 3. The van der Waals surface area contributed by atoms with Gasteiger partial charge in [-0.2, -0.15) is 10.5 Å². The number of thiophene rings is 1. The van der Waals surface area contributed by atoms with Crippen LogP contribution in [-0.4, -0.2) is 17.1 Å². The number of carbonyl (C=O) groups is 1. The summed E-state index contributed by atoms with van der Waals surface area (Å²) in [6.07, 6.45) is 5.85. The third-order valence-corrected chi connectivity index (χ3v) is 7.28. The Balaban J connectivity index is 1.66. The molecule has 1 aliphatic rings. The minimum absolute atomic E-state index is 0.00745. The third-order valence-electron chi connectivity index (χ3n) is 6.01. The van der Waals surface area contributed by atoms with Crippen molar-refractivity contribution in [3.8, 4) is 22.9 Å². The van der Waals surface area contributed by atoms with Gasteiger partial charge in [-0.15, -0.1) is 11.3 Å². The molecule has 0 fully saturated rings. The zero-order valence-corrected chi connectivity index (χ0v) is 20.4. The fraction of sp³-hybridized carbons (Fsp3) is 0.296. The SMILES string of the molecule is CCOc1cccc(NC(=O)/C(C#N)=C/c2cc(C)n(-c3sc4c(c3C#N)CCCC4)c2C)c1. The van der Waals surface area contributed by atoms with Crippen LogP contribution in [0.3, 0.4) is 0 Å². The lowest BCUT2D eigenvalue weighted by molar-refractivity contribution is -0.112. The van der Waals surface area contributed by atoms with E-state index in [1.165, 1.54) is 10.4 Å². The van der Waals surface area contributed by atoms with Crippen LogP contribution < -0.4 is 10.1 Å². The number of benzene rings is 1. The molecule has 1 amide bonds. The summed E-state index contributed by atoms with van der Waals surface area (Å²) in [6, 6.07) is 13.5. The van der Waals surface area contributed by atoms with Gasteiger partial charge in [0.15, 0.2) is 0 Å². The van der Waals surface area contributed by atoms with Gasteiger partial charge in [-0.3, -0.25) is 4.79 Å².